The van der Waals surface area contributed by atoms with Crippen LogP contribution in [0.25, 0.3) is 0 Å². The van der Waals surface area contributed by atoms with Crippen molar-refractivity contribution < 1.29 is 9.47 Å². The molecule has 0 saturated carbocycles. The van der Waals surface area contributed by atoms with Crippen LogP contribution in [0.3, 0.4) is 0 Å². The molecular weight excluding hydrogens is 228 g/mol. The zero-order valence-electron chi connectivity index (χ0n) is 10.8. The molecule has 4 nitrogen and oxygen atoms in total. The molecule has 0 N–H and O–H groups in total. The van der Waals surface area contributed by atoms with Crippen LogP contribution >= 0.6 is 0 Å². The monoisotopic (exact) mass is 246 g/mol. The number of morpholine rings is 1. The van der Waals surface area contributed by atoms with Crippen molar-refractivity contribution in [1.29, 1.82) is 5.26 Å². The summed E-state index contributed by atoms with van der Waals surface area (Å²) in [5.74, 6) is 0.649. The maximum absolute atomic E-state index is 8.95. The van der Waals surface area contributed by atoms with E-state index in [9.17, 15) is 0 Å². The van der Waals surface area contributed by atoms with Crippen LogP contribution in [0.1, 0.15) is 18.1 Å². The van der Waals surface area contributed by atoms with Gasteiger partial charge in [0.1, 0.15) is 11.8 Å². The van der Waals surface area contributed by atoms with E-state index >= 15 is 0 Å². The van der Waals surface area contributed by atoms with Crippen molar-refractivity contribution in [2.45, 2.75) is 19.5 Å². The first-order chi connectivity index (χ1) is 8.74. The summed E-state index contributed by atoms with van der Waals surface area (Å²) in [6, 6.07) is 8.31. The molecule has 1 aliphatic heterocycles. The fourth-order valence-corrected chi connectivity index (χ4v) is 2.16. The van der Waals surface area contributed by atoms with Crippen LogP contribution < -0.4 is 4.74 Å². The fourth-order valence-electron chi connectivity index (χ4n) is 2.16. The van der Waals surface area contributed by atoms with Crippen LogP contribution in [0.2, 0.25) is 0 Å². The molecular formula is C14H18N2O2. The Morgan fingerprint density at radius 3 is 3.06 bits per heavy atom. The Balaban J connectivity index is 2.12. The Kier molecular flexibility index (Phi) is 4.19. The number of nitrogens with zero attached hydrogens (tertiary/aromatic N) is 2. The van der Waals surface area contributed by atoms with E-state index in [-0.39, 0.29) is 0 Å². The normalized spacial score (nSPS) is 20.4. The van der Waals surface area contributed by atoms with Crippen LogP contribution in [0.15, 0.2) is 18.2 Å². The third-order valence-corrected chi connectivity index (χ3v) is 3.28. The van der Waals surface area contributed by atoms with Gasteiger partial charge in [-0.3, -0.25) is 4.90 Å². The van der Waals surface area contributed by atoms with Crippen LogP contribution in [0.5, 0.6) is 5.75 Å². The summed E-state index contributed by atoms with van der Waals surface area (Å²) >= 11 is 0. The third-order valence-electron chi connectivity index (χ3n) is 3.28. The molecule has 1 saturated heterocycles. The van der Waals surface area contributed by atoms with Crippen LogP contribution in [0.4, 0.5) is 0 Å². The van der Waals surface area contributed by atoms with Crippen molar-refractivity contribution in [3.05, 3.63) is 29.3 Å². The topological polar surface area (TPSA) is 45.5 Å². The van der Waals surface area contributed by atoms with E-state index in [1.165, 1.54) is 5.56 Å². The average Bonchev–Trinajstić information content (AvgIpc) is 2.41. The van der Waals surface area contributed by atoms with E-state index in [1.54, 1.807) is 7.11 Å². The summed E-state index contributed by atoms with van der Waals surface area (Å²) in [7, 11) is 1.59. The number of nitriles is 1. The lowest BCUT2D eigenvalue weighted by Crippen LogP contribution is -2.42. The van der Waals surface area contributed by atoms with E-state index in [1.807, 2.05) is 18.2 Å². The first kappa shape index (κ1) is 12.9. The molecule has 4 heteroatoms. The van der Waals surface area contributed by atoms with Crippen LogP contribution in [-0.2, 0) is 11.3 Å². The van der Waals surface area contributed by atoms with Crippen molar-refractivity contribution in [3.63, 3.8) is 0 Å². The Bertz CT molecular complexity index is 454. The van der Waals surface area contributed by atoms with E-state index in [0.717, 1.165) is 26.3 Å². The summed E-state index contributed by atoms with van der Waals surface area (Å²) in [6.45, 7) is 5.56. The maximum Gasteiger partial charge on any atom is 0.136 e. The minimum atomic E-state index is 0.431. The Hall–Kier alpha value is -1.57. The summed E-state index contributed by atoms with van der Waals surface area (Å²) in [5, 5.41) is 8.95. The van der Waals surface area contributed by atoms with Gasteiger partial charge in [0.05, 0.1) is 25.9 Å². The highest BCUT2D eigenvalue weighted by Gasteiger charge is 2.19. The SMILES string of the molecule is COc1cc(CN2CCOCC2C)ccc1C#N. The van der Waals surface area contributed by atoms with Gasteiger partial charge in [-0.2, -0.15) is 5.26 Å². The zero-order valence-corrected chi connectivity index (χ0v) is 10.8. The number of hydrogen-bond donors (Lipinski definition) is 0. The highest BCUT2D eigenvalue weighted by molar-refractivity contribution is 5.45. The molecule has 0 aliphatic carbocycles. The molecule has 0 radical (unpaired) electrons. The summed E-state index contributed by atoms with van der Waals surface area (Å²) in [5.41, 5.74) is 1.75. The lowest BCUT2D eigenvalue weighted by Gasteiger charge is -2.33. The molecule has 18 heavy (non-hydrogen) atoms. The van der Waals surface area contributed by atoms with Gasteiger partial charge in [-0.05, 0) is 24.6 Å². The molecule has 0 bridgehead atoms. The molecule has 1 unspecified atom stereocenters. The molecule has 2 rings (SSSR count). The van der Waals surface area contributed by atoms with E-state index in [4.69, 9.17) is 14.7 Å². The van der Waals surface area contributed by atoms with Crippen LogP contribution in [-0.4, -0.2) is 37.8 Å². The lowest BCUT2D eigenvalue weighted by atomic mass is 10.1. The zero-order chi connectivity index (χ0) is 13.0. The highest BCUT2D eigenvalue weighted by Crippen LogP contribution is 2.21. The molecule has 0 amide bonds. The second-order valence-electron chi connectivity index (χ2n) is 4.54. The average molecular weight is 246 g/mol. The quantitative estimate of drug-likeness (QED) is 0.815. The van der Waals surface area contributed by atoms with Gasteiger partial charge < -0.3 is 9.47 Å². The Morgan fingerprint density at radius 2 is 2.39 bits per heavy atom. The van der Waals surface area contributed by atoms with Gasteiger partial charge in [0.2, 0.25) is 0 Å². The lowest BCUT2D eigenvalue weighted by molar-refractivity contribution is -0.00438. The first-order valence-corrected chi connectivity index (χ1v) is 6.13. The molecule has 0 aromatic heterocycles. The standard InChI is InChI=1S/C14H18N2O2/c1-11-10-18-6-5-16(11)9-12-3-4-13(8-15)14(7-12)17-2/h3-4,7,11H,5-6,9-10H2,1-2H3. The fraction of sp³-hybridized carbons (Fsp3) is 0.500. The van der Waals surface area contributed by atoms with Gasteiger partial charge >= 0.3 is 0 Å². The van der Waals surface area contributed by atoms with E-state index in [0.29, 0.717) is 17.4 Å². The Morgan fingerprint density at radius 1 is 1.56 bits per heavy atom. The molecule has 1 heterocycles. The van der Waals surface area contributed by atoms with Crippen molar-refractivity contribution in [3.8, 4) is 11.8 Å². The number of rotatable bonds is 3. The molecule has 1 aliphatic rings. The molecule has 96 valence electrons. The largest absolute Gasteiger partial charge is 0.495 e. The minimum absolute atomic E-state index is 0.431. The summed E-state index contributed by atoms with van der Waals surface area (Å²) in [4.78, 5) is 2.38. The smallest absolute Gasteiger partial charge is 0.136 e. The van der Waals surface area contributed by atoms with Gasteiger partial charge in [-0.1, -0.05) is 6.07 Å². The maximum atomic E-state index is 8.95. The van der Waals surface area contributed by atoms with E-state index < -0.39 is 0 Å². The van der Waals surface area contributed by atoms with Crippen LogP contribution in [0, 0.1) is 11.3 Å². The third kappa shape index (κ3) is 2.81. The second kappa shape index (κ2) is 5.85. The molecule has 1 atom stereocenters. The predicted octanol–water partition coefficient (Wildman–Crippen LogP) is 1.79. The number of ether oxygens (including phenoxy) is 2. The number of benzene rings is 1. The molecule has 0 spiro atoms. The minimum Gasteiger partial charge on any atom is -0.495 e. The van der Waals surface area contributed by atoms with Crippen molar-refractivity contribution in [1.82, 2.24) is 4.90 Å². The van der Waals surface area contributed by atoms with Gasteiger partial charge in [0, 0.05) is 19.1 Å². The molecule has 1 aromatic rings. The summed E-state index contributed by atoms with van der Waals surface area (Å²) in [6.07, 6.45) is 0. The van der Waals surface area contributed by atoms with E-state index in [2.05, 4.69) is 17.9 Å². The predicted molar refractivity (Wildman–Crippen MR) is 68.4 cm³/mol. The molecule has 1 aromatic carbocycles. The Labute approximate surface area is 108 Å². The molecule has 1 fully saturated rings. The van der Waals surface area contributed by atoms with Gasteiger partial charge in [-0.25, -0.2) is 0 Å². The van der Waals surface area contributed by atoms with Gasteiger partial charge in [0.15, 0.2) is 0 Å². The van der Waals surface area contributed by atoms with Crippen molar-refractivity contribution >= 4 is 0 Å². The van der Waals surface area contributed by atoms with Gasteiger partial charge in [0.25, 0.3) is 0 Å². The summed E-state index contributed by atoms with van der Waals surface area (Å²) < 4.78 is 10.6. The first-order valence-electron chi connectivity index (χ1n) is 6.13. The second-order valence-corrected chi connectivity index (χ2v) is 4.54. The number of methoxy groups -OCH3 is 1. The van der Waals surface area contributed by atoms with Crippen molar-refractivity contribution in [2.75, 3.05) is 26.9 Å². The van der Waals surface area contributed by atoms with Crippen molar-refractivity contribution in [2.24, 2.45) is 0 Å². The highest BCUT2D eigenvalue weighted by atomic mass is 16.5. The van der Waals surface area contributed by atoms with Gasteiger partial charge in [-0.15, -0.1) is 0 Å². The number of hydrogen-bond acceptors (Lipinski definition) is 4.